The van der Waals surface area contributed by atoms with Crippen molar-refractivity contribution in [1.82, 2.24) is 10.3 Å². The lowest BCUT2D eigenvalue weighted by Crippen LogP contribution is -2.67. The molecule has 3 atom stereocenters. The van der Waals surface area contributed by atoms with E-state index in [4.69, 9.17) is 20.1 Å². The van der Waals surface area contributed by atoms with Gasteiger partial charge < -0.3 is 46.0 Å². The van der Waals surface area contributed by atoms with Gasteiger partial charge in [-0.05, 0) is 30.2 Å². The van der Waals surface area contributed by atoms with Gasteiger partial charge in [0.15, 0.2) is 12.1 Å². The summed E-state index contributed by atoms with van der Waals surface area (Å²) in [5.41, 5.74) is 6.07. The van der Waals surface area contributed by atoms with E-state index in [2.05, 4.69) is 16.0 Å². The third-order valence-corrected chi connectivity index (χ3v) is 4.33. The summed E-state index contributed by atoms with van der Waals surface area (Å²) >= 11 is 0. The molecule has 0 aliphatic carbocycles. The van der Waals surface area contributed by atoms with Crippen LogP contribution in [0, 0.1) is 0 Å². The first-order valence-electron chi connectivity index (χ1n) is 9.16. The minimum atomic E-state index is -2.38. The van der Waals surface area contributed by atoms with Crippen LogP contribution in [0.2, 0.25) is 0 Å². The molecule has 8 N–H and O–H groups in total. The van der Waals surface area contributed by atoms with E-state index in [1.807, 2.05) is 31.3 Å². The molecule has 2 rings (SSSR count). The molecule has 0 saturated carbocycles. The van der Waals surface area contributed by atoms with E-state index in [0.717, 1.165) is 29.5 Å². The van der Waals surface area contributed by atoms with Crippen molar-refractivity contribution in [3.8, 4) is 5.75 Å². The van der Waals surface area contributed by atoms with Gasteiger partial charge in [0, 0.05) is 30.1 Å². The molecule has 0 saturated heterocycles. The predicted molar refractivity (Wildman–Crippen MR) is 103 cm³/mol. The van der Waals surface area contributed by atoms with Gasteiger partial charge >= 0.3 is 5.97 Å². The molecule has 1 aromatic carbocycles. The third kappa shape index (κ3) is 7.03. The predicted octanol–water partition coefficient (Wildman–Crippen LogP) is -2.60. The Hall–Kier alpha value is -3.15. The Labute approximate surface area is 172 Å². The quantitative estimate of drug-likeness (QED) is 0.251. The van der Waals surface area contributed by atoms with Crippen LogP contribution in [0.25, 0.3) is 10.9 Å². The molecule has 1 amide bonds. The Kier molecular flexibility index (Phi) is 9.75. The first-order valence-corrected chi connectivity index (χ1v) is 9.16. The van der Waals surface area contributed by atoms with Gasteiger partial charge in [-0.15, -0.1) is 0 Å². The first kappa shape index (κ1) is 24.9. The van der Waals surface area contributed by atoms with Crippen molar-refractivity contribution in [1.29, 1.82) is 0 Å². The average Bonchev–Trinajstić information content (AvgIpc) is 3.14. The molecule has 11 nitrogen and oxygen atoms in total. The lowest BCUT2D eigenvalue weighted by atomic mass is 10.1. The Morgan fingerprint density at radius 1 is 1.27 bits per heavy atom. The Balaban J connectivity index is 0.000000382. The highest BCUT2D eigenvalue weighted by atomic mass is 16.5. The van der Waals surface area contributed by atoms with Crippen LogP contribution in [0.3, 0.4) is 0 Å². The van der Waals surface area contributed by atoms with Crippen LogP contribution in [0.15, 0.2) is 24.4 Å². The number of carbonyl (C=O) groups is 3. The van der Waals surface area contributed by atoms with E-state index in [1.165, 1.54) is 5.56 Å². The summed E-state index contributed by atoms with van der Waals surface area (Å²) in [6.45, 7) is 2.58. The molecule has 166 valence electrons. The summed E-state index contributed by atoms with van der Waals surface area (Å²) in [6.07, 6.45) is -1.18. The van der Waals surface area contributed by atoms with Crippen LogP contribution >= 0.6 is 0 Å². The number of amides is 1. The Morgan fingerprint density at radius 3 is 2.43 bits per heavy atom. The number of aromatic amines is 1. The topological polar surface area (TPSA) is 200 Å². The maximum absolute atomic E-state index is 11.7. The number of rotatable bonds is 9. The Bertz CT molecular complexity index is 849. The van der Waals surface area contributed by atoms with E-state index in [0.29, 0.717) is 6.54 Å². The second-order valence-electron chi connectivity index (χ2n) is 6.42. The van der Waals surface area contributed by atoms with Crippen molar-refractivity contribution in [3.63, 3.8) is 0 Å². The summed E-state index contributed by atoms with van der Waals surface area (Å²) in [7, 11) is 1.66. The highest BCUT2D eigenvalue weighted by Crippen LogP contribution is 2.23. The molecule has 30 heavy (non-hydrogen) atoms. The largest absolute Gasteiger partial charge is 0.547 e. The summed E-state index contributed by atoms with van der Waals surface area (Å²) in [6, 6.07) is 5.77. The molecular formula is C19H27N3O8. The van der Waals surface area contributed by atoms with Crippen LogP contribution in [-0.2, 0) is 20.8 Å². The number of nitrogens with one attached hydrogen (secondary N) is 2. The van der Waals surface area contributed by atoms with Crippen LogP contribution in [0.5, 0.6) is 5.75 Å². The van der Waals surface area contributed by atoms with Gasteiger partial charge in [0.25, 0.3) is 5.91 Å². The normalized spacial score (nSPS) is 13.5. The van der Waals surface area contributed by atoms with Crippen LogP contribution in [0.1, 0.15) is 18.9 Å². The number of fused-ring (bicyclic) bond motifs is 1. The summed E-state index contributed by atoms with van der Waals surface area (Å²) in [5, 5.41) is 38.2. The van der Waals surface area contributed by atoms with E-state index in [9.17, 15) is 19.5 Å². The minimum absolute atomic E-state index is 0.0184. The molecule has 2 aromatic rings. The van der Waals surface area contributed by atoms with Gasteiger partial charge in [0.2, 0.25) is 0 Å². The van der Waals surface area contributed by atoms with Crippen LogP contribution in [-0.4, -0.2) is 70.1 Å². The molecule has 1 aromatic heterocycles. The number of ether oxygens (including phenoxy) is 1. The van der Waals surface area contributed by atoms with Crippen molar-refractivity contribution in [2.24, 2.45) is 0 Å². The van der Waals surface area contributed by atoms with Crippen LogP contribution < -0.4 is 20.9 Å². The maximum Gasteiger partial charge on any atom is 0.335 e. The fraction of sp³-hybridized carbons (Fsp3) is 0.421. The van der Waals surface area contributed by atoms with Gasteiger partial charge in [0.1, 0.15) is 11.9 Å². The zero-order valence-electron chi connectivity index (χ0n) is 16.8. The van der Waals surface area contributed by atoms with Crippen molar-refractivity contribution in [2.75, 3.05) is 13.7 Å². The van der Waals surface area contributed by atoms with E-state index < -0.39 is 24.1 Å². The van der Waals surface area contributed by atoms with E-state index in [1.54, 1.807) is 7.11 Å². The van der Waals surface area contributed by atoms with Crippen molar-refractivity contribution >= 4 is 28.7 Å². The molecule has 0 fully saturated rings. The fourth-order valence-corrected chi connectivity index (χ4v) is 2.41. The van der Waals surface area contributed by atoms with Crippen molar-refractivity contribution in [2.45, 2.75) is 38.0 Å². The number of hydrogen-bond donors (Lipinski definition) is 6. The maximum atomic E-state index is 11.7. The van der Waals surface area contributed by atoms with E-state index >= 15 is 0 Å². The second-order valence-corrected chi connectivity index (χ2v) is 6.42. The highest BCUT2D eigenvalue weighted by molar-refractivity contribution is 5.85. The number of aromatic nitrogens is 1. The zero-order chi connectivity index (χ0) is 22.8. The number of aliphatic hydroxyl groups excluding tert-OH is 2. The average molecular weight is 425 g/mol. The van der Waals surface area contributed by atoms with Crippen molar-refractivity contribution in [3.05, 3.63) is 30.0 Å². The number of aliphatic hydroxyl groups is 2. The minimum Gasteiger partial charge on any atom is -0.547 e. The molecule has 0 radical (unpaired) electrons. The number of H-pyrrole nitrogens is 1. The van der Waals surface area contributed by atoms with Gasteiger partial charge in [-0.25, -0.2) is 4.79 Å². The van der Waals surface area contributed by atoms with Gasteiger partial charge in [-0.2, -0.15) is 0 Å². The molecule has 11 heteroatoms. The molecule has 0 bridgehead atoms. The second kappa shape index (κ2) is 11.8. The van der Waals surface area contributed by atoms with Crippen molar-refractivity contribution < 1.29 is 45.3 Å². The summed E-state index contributed by atoms with van der Waals surface area (Å²) in [4.78, 5) is 34.3. The number of carboxylic acid groups (broad SMARTS) is 2. The molecule has 0 aliphatic rings. The van der Waals surface area contributed by atoms with Crippen LogP contribution in [0.4, 0.5) is 0 Å². The lowest BCUT2D eigenvalue weighted by molar-refractivity contribution is -0.404. The molecular weight excluding hydrogens is 398 g/mol. The molecule has 0 spiro atoms. The number of benzene rings is 1. The summed E-state index contributed by atoms with van der Waals surface area (Å²) < 4.78 is 5.24. The molecule has 2 unspecified atom stereocenters. The standard InChI is InChI=1S/C15H21N3O2.C4H6O6/c1-3-13(16)15(19)17-7-6-10-9-18-14-5-4-11(20-2)8-12(10)14;5-1(3(7)8)2(6)4(9)10/h4-5,8-9,13,18H,3,6-7,16H2,1-2H3,(H,17,19);1-2,5-6H,(H,7,8)(H,9,10)/t13-;/m0./s1. The Morgan fingerprint density at radius 2 is 1.93 bits per heavy atom. The number of aliphatic carboxylic acids is 2. The highest BCUT2D eigenvalue weighted by Gasteiger charge is 2.24. The number of hydrogen-bond acceptors (Lipinski definition) is 7. The monoisotopic (exact) mass is 425 g/mol. The number of methoxy groups -OCH3 is 1. The smallest absolute Gasteiger partial charge is 0.335 e. The van der Waals surface area contributed by atoms with Gasteiger partial charge in [0.05, 0.1) is 13.1 Å². The summed E-state index contributed by atoms with van der Waals surface area (Å²) in [5.74, 6) is -2.97. The number of quaternary nitrogens is 1. The molecule has 0 aliphatic heterocycles. The number of carbonyl (C=O) groups excluding carboxylic acids is 2. The van der Waals surface area contributed by atoms with Gasteiger partial charge in [-0.1, -0.05) is 6.92 Å². The fourth-order valence-electron chi connectivity index (χ4n) is 2.41. The van der Waals surface area contributed by atoms with Gasteiger partial charge in [-0.3, -0.25) is 4.79 Å². The van der Waals surface area contributed by atoms with E-state index in [-0.39, 0.29) is 11.9 Å². The first-order chi connectivity index (χ1) is 14.1. The third-order valence-electron chi connectivity index (χ3n) is 4.33. The SMILES string of the molecule is CC[C@H]([NH3+])C(=O)NCCc1c[nH]c2ccc(OC)cc12.O=C([O-])C(O)C(O)C(=O)O. The lowest BCUT2D eigenvalue weighted by Gasteiger charge is -2.13. The zero-order valence-corrected chi connectivity index (χ0v) is 16.8. The number of carboxylic acids is 2. The molecule has 1 heterocycles.